The van der Waals surface area contributed by atoms with Gasteiger partial charge in [-0.25, -0.2) is 15.0 Å². The molecule has 2 aromatic heterocycles. The van der Waals surface area contributed by atoms with Gasteiger partial charge in [0.25, 0.3) is 5.91 Å². The van der Waals surface area contributed by atoms with Crippen LogP contribution in [0.5, 0.6) is 0 Å². The molecule has 0 atom stereocenters. The Morgan fingerprint density at radius 1 is 1.04 bits per heavy atom. The molecule has 0 fully saturated rings. The van der Waals surface area contributed by atoms with Crippen molar-refractivity contribution in [1.82, 2.24) is 15.0 Å². The summed E-state index contributed by atoms with van der Waals surface area (Å²) in [7, 11) is 0. The second-order valence-electron chi connectivity index (χ2n) is 5.41. The van der Waals surface area contributed by atoms with Gasteiger partial charge in [0.1, 0.15) is 5.69 Å². The predicted molar refractivity (Wildman–Crippen MR) is 96.0 cm³/mol. The van der Waals surface area contributed by atoms with E-state index in [0.29, 0.717) is 16.8 Å². The lowest BCUT2D eigenvalue weighted by atomic mass is 10.2. The van der Waals surface area contributed by atoms with Crippen LogP contribution in [0.25, 0.3) is 0 Å². The SMILES string of the molecule is Cc1cc(C)nc(Nc2nc(C(=O)Nc3ccccc3C)cs2)n1. The van der Waals surface area contributed by atoms with Crippen molar-refractivity contribution in [2.24, 2.45) is 0 Å². The minimum absolute atomic E-state index is 0.241. The second-order valence-corrected chi connectivity index (χ2v) is 6.26. The Bertz CT molecular complexity index is 870. The highest BCUT2D eigenvalue weighted by Crippen LogP contribution is 2.21. The highest BCUT2D eigenvalue weighted by Gasteiger charge is 2.12. The standard InChI is InChI=1S/C17H17N5OS/c1-10-6-4-5-7-13(10)20-15(23)14-9-24-17(21-14)22-16-18-11(2)8-12(3)19-16/h4-9H,1-3H3,(H,20,23)(H,18,19,21,22). The first-order chi connectivity index (χ1) is 11.5. The number of benzene rings is 1. The average Bonchev–Trinajstić information content (AvgIpc) is 2.97. The molecule has 0 aliphatic heterocycles. The molecule has 6 nitrogen and oxygen atoms in total. The van der Waals surface area contributed by atoms with Gasteiger partial charge < -0.3 is 10.6 Å². The Hall–Kier alpha value is -2.80. The van der Waals surface area contributed by atoms with Crippen molar-refractivity contribution >= 4 is 34.0 Å². The van der Waals surface area contributed by atoms with Gasteiger partial charge in [0.05, 0.1) is 0 Å². The molecular formula is C17H17N5OS. The predicted octanol–water partition coefficient (Wildman–Crippen LogP) is 3.85. The van der Waals surface area contributed by atoms with Crippen LogP contribution in [0.15, 0.2) is 35.7 Å². The molecule has 1 aromatic carbocycles. The van der Waals surface area contributed by atoms with E-state index in [1.165, 1.54) is 11.3 Å². The Kier molecular flexibility index (Phi) is 4.52. The van der Waals surface area contributed by atoms with Crippen molar-refractivity contribution < 1.29 is 4.79 Å². The molecular weight excluding hydrogens is 322 g/mol. The fourth-order valence-corrected chi connectivity index (χ4v) is 2.90. The normalized spacial score (nSPS) is 10.5. The third-order valence-electron chi connectivity index (χ3n) is 3.33. The van der Waals surface area contributed by atoms with E-state index in [4.69, 9.17) is 0 Å². The fourth-order valence-electron chi connectivity index (χ4n) is 2.21. The first-order valence-electron chi connectivity index (χ1n) is 7.43. The summed E-state index contributed by atoms with van der Waals surface area (Å²) < 4.78 is 0. The summed E-state index contributed by atoms with van der Waals surface area (Å²) in [6.07, 6.45) is 0. The van der Waals surface area contributed by atoms with Crippen LogP contribution < -0.4 is 10.6 Å². The zero-order valence-electron chi connectivity index (χ0n) is 13.6. The molecule has 0 aliphatic carbocycles. The summed E-state index contributed by atoms with van der Waals surface area (Å²) in [4.78, 5) is 25.2. The zero-order valence-corrected chi connectivity index (χ0v) is 14.4. The maximum absolute atomic E-state index is 12.3. The molecule has 0 radical (unpaired) electrons. The Balaban J connectivity index is 1.73. The van der Waals surface area contributed by atoms with E-state index in [9.17, 15) is 4.79 Å². The highest BCUT2D eigenvalue weighted by molar-refractivity contribution is 7.14. The minimum Gasteiger partial charge on any atom is -0.320 e. The lowest BCUT2D eigenvalue weighted by molar-refractivity contribution is 0.102. The van der Waals surface area contributed by atoms with E-state index in [2.05, 4.69) is 25.6 Å². The molecule has 2 heterocycles. The van der Waals surface area contributed by atoms with Gasteiger partial charge in [-0.2, -0.15) is 0 Å². The van der Waals surface area contributed by atoms with Crippen molar-refractivity contribution in [2.45, 2.75) is 20.8 Å². The summed E-state index contributed by atoms with van der Waals surface area (Å²) in [5.41, 5.74) is 3.89. The number of carbonyl (C=O) groups excluding carboxylic acids is 1. The highest BCUT2D eigenvalue weighted by atomic mass is 32.1. The topological polar surface area (TPSA) is 79.8 Å². The van der Waals surface area contributed by atoms with Crippen molar-refractivity contribution in [1.29, 1.82) is 0 Å². The number of aromatic nitrogens is 3. The third kappa shape index (κ3) is 3.75. The van der Waals surface area contributed by atoms with E-state index in [1.807, 2.05) is 51.1 Å². The van der Waals surface area contributed by atoms with E-state index in [1.54, 1.807) is 5.38 Å². The van der Waals surface area contributed by atoms with Crippen LogP contribution >= 0.6 is 11.3 Å². The van der Waals surface area contributed by atoms with Gasteiger partial charge in [0.2, 0.25) is 5.95 Å². The number of para-hydroxylation sites is 1. The van der Waals surface area contributed by atoms with E-state index >= 15 is 0 Å². The van der Waals surface area contributed by atoms with Crippen LogP contribution in [0.4, 0.5) is 16.8 Å². The van der Waals surface area contributed by atoms with E-state index < -0.39 is 0 Å². The van der Waals surface area contributed by atoms with Crippen LogP contribution in [-0.2, 0) is 0 Å². The van der Waals surface area contributed by atoms with Gasteiger partial charge in [0, 0.05) is 22.5 Å². The fraction of sp³-hybridized carbons (Fsp3) is 0.176. The largest absolute Gasteiger partial charge is 0.320 e. The van der Waals surface area contributed by atoms with Crippen LogP contribution in [0.2, 0.25) is 0 Å². The van der Waals surface area contributed by atoms with E-state index in [-0.39, 0.29) is 5.91 Å². The molecule has 3 rings (SSSR count). The van der Waals surface area contributed by atoms with Crippen LogP contribution in [0, 0.1) is 20.8 Å². The molecule has 0 aliphatic rings. The minimum atomic E-state index is -0.241. The summed E-state index contributed by atoms with van der Waals surface area (Å²) in [5, 5.41) is 8.19. The molecule has 3 aromatic rings. The molecule has 0 spiro atoms. The number of nitrogens with one attached hydrogen (secondary N) is 2. The molecule has 7 heteroatoms. The van der Waals surface area contributed by atoms with Crippen molar-refractivity contribution in [3.05, 3.63) is 58.4 Å². The van der Waals surface area contributed by atoms with Gasteiger partial charge >= 0.3 is 0 Å². The molecule has 1 amide bonds. The Morgan fingerprint density at radius 3 is 2.46 bits per heavy atom. The van der Waals surface area contributed by atoms with Crippen LogP contribution in [0.3, 0.4) is 0 Å². The van der Waals surface area contributed by atoms with Gasteiger partial charge in [-0.05, 0) is 38.5 Å². The molecule has 0 unspecified atom stereocenters. The lowest BCUT2D eigenvalue weighted by Gasteiger charge is -2.06. The molecule has 122 valence electrons. The third-order valence-corrected chi connectivity index (χ3v) is 4.09. The summed E-state index contributed by atoms with van der Waals surface area (Å²) in [5.74, 6) is 0.239. The van der Waals surface area contributed by atoms with Gasteiger partial charge in [-0.15, -0.1) is 11.3 Å². The molecule has 0 bridgehead atoms. The Morgan fingerprint density at radius 2 is 1.75 bits per heavy atom. The van der Waals surface area contributed by atoms with Gasteiger partial charge in [0.15, 0.2) is 5.13 Å². The number of aryl methyl sites for hydroxylation is 3. The van der Waals surface area contributed by atoms with Gasteiger partial charge in [-0.3, -0.25) is 4.79 Å². The van der Waals surface area contributed by atoms with Crippen LogP contribution in [-0.4, -0.2) is 20.9 Å². The van der Waals surface area contributed by atoms with Crippen LogP contribution in [0.1, 0.15) is 27.4 Å². The molecule has 0 saturated heterocycles. The molecule has 2 N–H and O–H groups in total. The number of thiazole rings is 1. The van der Waals surface area contributed by atoms with E-state index in [0.717, 1.165) is 22.6 Å². The number of nitrogens with zero attached hydrogens (tertiary/aromatic N) is 3. The Labute approximate surface area is 144 Å². The molecule has 24 heavy (non-hydrogen) atoms. The van der Waals surface area contributed by atoms with Gasteiger partial charge in [-0.1, -0.05) is 18.2 Å². The smallest absolute Gasteiger partial charge is 0.275 e. The first kappa shape index (κ1) is 16.1. The maximum Gasteiger partial charge on any atom is 0.275 e. The number of rotatable bonds is 4. The van der Waals surface area contributed by atoms with Crippen molar-refractivity contribution in [3.63, 3.8) is 0 Å². The molecule has 0 saturated carbocycles. The van der Waals surface area contributed by atoms with Crippen molar-refractivity contribution in [2.75, 3.05) is 10.6 Å². The zero-order chi connectivity index (χ0) is 17.1. The summed E-state index contributed by atoms with van der Waals surface area (Å²) in [6.45, 7) is 5.76. The first-order valence-corrected chi connectivity index (χ1v) is 8.31. The number of amides is 1. The van der Waals surface area contributed by atoms with Crippen molar-refractivity contribution in [3.8, 4) is 0 Å². The average molecular weight is 339 g/mol. The number of hydrogen-bond acceptors (Lipinski definition) is 6. The number of carbonyl (C=O) groups is 1. The summed E-state index contributed by atoms with van der Waals surface area (Å²) in [6, 6.07) is 9.52. The number of anilines is 3. The quantitative estimate of drug-likeness (QED) is 0.754. The summed E-state index contributed by atoms with van der Waals surface area (Å²) >= 11 is 1.34. The maximum atomic E-state index is 12.3. The monoisotopic (exact) mass is 339 g/mol. The second kappa shape index (κ2) is 6.76. The lowest BCUT2D eigenvalue weighted by Crippen LogP contribution is -2.13. The number of hydrogen-bond donors (Lipinski definition) is 2.